The average Bonchev–Trinajstić information content (AvgIpc) is 2.71. The lowest BCUT2D eigenvalue weighted by Gasteiger charge is -2.06. The Bertz CT molecular complexity index is 404. The smallest absolute Gasteiger partial charge is 0.335 e. The highest BCUT2D eigenvalue weighted by molar-refractivity contribution is 5.87. The third-order valence-electron chi connectivity index (χ3n) is 2.27. The molecule has 1 aliphatic carbocycles. The SMILES string of the molecule is O=C(O)c1cccc(C2C=CC=C2)c1. The van der Waals surface area contributed by atoms with Crippen LogP contribution in [-0.4, -0.2) is 11.1 Å². The van der Waals surface area contributed by atoms with Gasteiger partial charge in [-0.1, -0.05) is 36.4 Å². The number of hydrogen-bond donors (Lipinski definition) is 1. The van der Waals surface area contributed by atoms with Crippen LogP contribution in [0.3, 0.4) is 0 Å². The Morgan fingerprint density at radius 2 is 1.93 bits per heavy atom. The molecule has 14 heavy (non-hydrogen) atoms. The first kappa shape index (κ1) is 8.75. The van der Waals surface area contributed by atoms with Crippen molar-refractivity contribution >= 4 is 5.97 Å². The second kappa shape index (κ2) is 3.50. The van der Waals surface area contributed by atoms with Crippen LogP contribution in [0.4, 0.5) is 0 Å². The van der Waals surface area contributed by atoms with Gasteiger partial charge in [0.25, 0.3) is 0 Å². The zero-order chi connectivity index (χ0) is 9.97. The predicted molar refractivity (Wildman–Crippen MR) is 54.4 cm³/mol. The molecule has 0 unspecified atom stereocenters. The largest absolute Gasteiger partial charge is 0.478 e. The molecule has 0 saturated heterocycles. The van der Waals surface area contributed by atoms with Crippen molar-refractivity contribution in [3.8, 4) is 0 Å². The van der Waals surface area contributed by atoms with Gasteiger partial charge in [0.05, 0.1) is 5.56 Å². The number of benzene rings is 1. The lowest BCUT2D eigenvalue weighted by molar-refractivity contribution is 0.0697. The summed E-state index contributed by atoms with van der Waals surface area (Å²) in [6.07, 6.45) is 8.03. The Kier molecular flexibility index (Phi) is 2.19. The Labute approximate surface area is 82.2 Å². The van der Waals surface area contributed by atoms with E-state index in [1.165, 1.54) is 0 Å². The first-order valence-corrected chi connectivity index (χ1v) is 4.45. The minimum atomic E-state index is -0.877. The third kappa shape index (κ3) is 1.59. The summed E-state index contributed by atoms with van der Waals surface area (Å²) < 4.78 is 0. The van der Waals surface area contributed by atoms with Gasteiger partial charge in [0.1, 0.15) is 0 Å². The third-order valence-corrected chi connectivity index (χ3v) is 2.27. The molecule has 0 saturated carbocycles. The van der Waals surface area contributed by atoms with Crippen LogP contribution >= 0.6 is 0 Å². The summed E-state index contributed by atoms with van der Waals surface area (Å²) in [6.45, 7) is 0. The highest BCUT2D eigenvalue weighted by atomic mass is 16.4. The molecule has 0 atom stereocenters. The first-order valence-electron chi connectivity index (χ1n) is 4.45. The van der Waals surface area contributed by atoms with Gasteiger partial charge < -0.3 is 5.11 Å². The quantitative estimate of drug-likeness (QED) is 0.770. The van der Waals surface area contributed by atoms with Gasteiger partial charge in [0, 0.05) is 5.92 Å². The minimum absolute atomic E-state index is 0.231. The van der Waals surface area contributed by atoms with Crippen molar-refractivity contribution in [2.45, 2.75) is 5.92 Å². The number of allylic oxidation sites excluding steroid dienone is 4. The summed E-state index contributed by atoms with van der Waals surface area (Å²) in [5.41, 5.74) is 1.37. The van der Waals surface area contributed by atoms with Crippen LogP contribution in [0.15, 0.2) is 48.6 Å². The van der Waals surface area contributed by atoms with E-state index in [1.807, 2.05) is 30.4 Å². The molecule has 0 spiro atoms. The number of carboxylic acids is 1. The van der Waals surface area contributed by atoms with E-state index in [4.69, 9.17) is 5.11 Å². The van der Waals surface area contributed by atoms with Crippen LogP contribution in [0.5, 0.6) is 0 Å². The molecule has 0 aromatic heterocycles. The summed E-state index contributed by atoms with van der Waals surface area (Å²) in [6, 6.07) is 7.04. The molecule has 0 fully saturated rings. The van der Waals surface area contributed by atoms with Gasteiger partial charge in [-0.25, -0.2) is 4.79 Å². The van der Waals surface area contributed by atoms with Crippen LogP contribution in [0, 0.1) is 0 Å². The second-order valence-corrected chi connectivity index (χ2v) is 3.23. The maximum Gasteiger partial charge on any atom is 0.335 e. The topological polar surface area (TPSA) is 37.3 Å². The number of hydrogen-bond acceptors (Lipinski definition) is 1. The maximum absolute atomic E-state index is 10.7. The summed E-state index contributed by atoms with van der Waals surface area (Å²) in [4.78, 5) is 10.7. The minimum Gasteiger partial charge on any atom is -0.478 e. The van der Waals surface area contributed by atoms with Crippen molar-refractivity contribution in [1.82, 2.24) is 0 Å². The normalized spacial score (nSPS) is 14.9. The number of carbonyl (C=O) groups is 1. The number of aromatic carboxylic acids is 1. The van der Waals surface area contributed by atoms with Gasteiger partial charge in [0.2, 0.25) is 0 Å². The average molecular weight is 186 g/mol. The number of rotatable bonds is 2. The van der Waals surface area contributed by atoms with Crippen molar-refractivity contribution in [1.29, 1.82) is 0 Å². The van der Waals surface area contributed by atoms with Crippen molar-refractivity contribution < 1.29 is 9.90 Å². The summed E-state index contributed by atoms with van der Waals surface area (Å²) in [5.74, 6) is -0.646. The van der Waals surface area contributed by atoms with Gasteiger partial charge >= 0.3 is 5.97 Å². The van der Waals surface area contributed by atoms with Gasteiger partial charge in [-0.2, -0.15) is 0 Å². The molecule has 70 valence electrons. The Hall–Kier alpha value is -1.83. The fourth-order valence-electron chi connectivity index (χ4n) is 1.53. The molecule has 2 nitrogen and oxygen atoms in total. The standard InChI is InChI=1S/C12H10O2/c13-12(14)11-7-3-6-10(8-11)9-4-1-2-5-9/h1-9H,(H,13,14). The number of carboxylic acid groups (broad SMARTS) is 1. The van der Waals surface area contributed by atoms with E-state index in [9.17, 15) is 4.79 Å². The molecule has 1 aliphatic rings. The monoisotopic (exact) mass is 186 g/mol. The second-order valence-electron chi connectivity index (χ2n) is 3.23. The van der Waals surface area contributed by atoms with E-state index in [1.54, 1.807) is 18.2 Å². The van der Waals surface area contributed by atoms with Crippen molar-refractivity contribution in [3.63, 3.8) is 0 Å². The van der Waals surface area contributed by atoms with Crippen molar-refractivity contribution in [2.24, 2.45) is 0 Å². The molecule has 1 aromatic rings. The summed E-state index contributed by atoms with van der Waals surface area (Å²) in [5, 5.41) is 8.82. The van der Waals surface area contributed by atoms with Crippen LogP contribution in [0.1, 0.15) is 21.8 Å². The van der Waals surface area contributed by atoms with Crippen LogP contribution < -0.4 is 0 Å². The van der Waals surface area contributed by atoms with Crippen LogP contribution in [-0.2, 0) is 0 Å². The lowest BCUT2D eigenvalue weighted by Crippen LogP contribution is -1.98. The van der Waals surface area contributed by atoms with Crippen molar-refractivity contribution in [3.05, 3.63) is 59.7 Å². The van der Waals surface area contributed by atoms with Crippen LogP contribution in [0.25, 0.3) is 0 Å². The lowest BCUT2D eigenvalue weighted by atomic mass is 9.99. The molecule has 2 rings (SSSR count). The molecule has 0 amide bonds. The highest BCUT2D eigenvalue weighted by Crippen LogP contribution is 2.23. The van der Waals surface area contributed by atoms with E-state index < -0.39 is 5.97 Å². The summed E-state index contributed by atoms with van der Waals surface area (Å²) in [7, 11) is 0. The van der Waals surface area contributed by atoms with Crippen LogP contribution in [0.2, 0.25) is 0 Å². The van der Waals surface area contributed by atoms with Crippen molar-refractivity contribution in [2.75, 3.05) is 0 Å². The Morgan fingerprint density at radius 3 is 2.57 bits per heavy atom. The van der Waals surface area contributed by atoms with Gasteiger partial charge in [-0.3, -0.25) is 0 Å². The molecule has 0 aliphatic heterocycles. The zero-order valence-corrected chi connectivity index (χ0v) is 7.55. The molecule has 0 heterocycles. The summed E-state index contributed by atoms with van der Waals surface area (Å²) >= 11 is 0. The van der Waals surface area contributed by atoms with E-state index in [2.05, 4.69) is 0 Å². The van der Waals surface area contributed by atoms with E-state index in [0.717, 1.165) is 5.56 Å². The molecular formula is C12H10O2. The van der Waals surface area contributed by atoms with E-state index in [0.29, 0.717) is 5.56 Å². The Morgan fingerprint density at radius 1 is 1.21 bits per heavy atom. The highest BCUT2D eigenvalue weighted by Gasteiger charge is 2.09. The molecular weight excluding hydrogens is 176 g/mol. The predicted octanol–water partition coefficient (Wildman–Crippen LogP) is 2.59. The van der Waals surface area contributed by atoms with Gasteiger partial charge in [-0.15, -0.1) is 0 Å². The molecule has 1 N–H and O–H groups in total. The molecule has 2 heteroatoms. The Balaban J connectivity index is 2.35. The fourth-order valence-corrected chi connectivity index (χ4v) is 1.53. The first-order chi connectivity index (χ1) is 6.77. The molecule has 1 aromatic carbocycles. The maximum atomic E-state index is 10.7. The van der Waals surface area contributed by atoms with E-state index in [-0.39, 0.29) is 5.92 Å². The van der Waals surface area contributed by atoms with Gasteiger partial charge in [-0.05, 0) is 17.7 Å². The molecule has 0 radical (unpaired) electrons. The van der Waals surface area contributed by atoms with Gasteiger partial charge in [0.15, 0.2) is 0 Å². The fraction of sp³-hybridized carbons (Fsp3) is 0.0833. The van der Waals surface area contributed by atoms with E-state index >= 15 is 0 Å². The zero-order valence-electron chi connectivity index (χ0n) is 7.55. The molecule has 0 bridgehead atoms.